The molecule has 0 bridgehead atoms. The van der Waals surface area contributed by atoms with Gasteiger partial charge in [-0.05, 0) is 49.1 Å². The number of non-ortho nitro benzene ring substituents is 1. The summed E-state index contributed by atoms with van der Waals surface area (Å²) in [7, 11) is 0. The van der Waals surface area contributed by atoms with Gasteiger partial charge in [0.2, 0.25) is 0 Å². The number of hydrogen-bond acceptors (Lipinski definition) is 6. The summed E-state index contributed by atoms with van der Waals surface area (Å²) in [6.07, 6.45) is 7.89. The SMILES string of the molecule is CCC/C=C(/N=C\C(C(=O)O)=C(/C)c1cccnc1)Nc1cc([N+](=O)[O-])ccc1C. The molecule has 8 nitrogen and oxygen atoms in total. The van der Waals surface area contributed by atoms with Gasteiger partial charge in [0.25, 0.3) is 5.69 Å². The number of nitrogens with one attached hydrogen (secondary N) is 1. The first-order chi connectivity index (χ1) is 14.3. The lowest BCUT2D eigenvalue weighted by Gasteiger charge is -2.10. The Labute approximate surface area is 174 Å². The van der Waals surface area contributed by atoms with Crippen LogP contribution in [0.3, 0.4) is 0 Å². The number of pyridine rings is 1. The van der Waals surface area contributed by atoms with Crippen molar-refractivity contribution in [2.45, 2.75) is 33.6 Å². The first kappa shape index (κ1) is 22.5. The molecule has 0 spiro atoms. The molecule has 1 aromatic heterocycles. The van der Waals surface area contributed by atoms with E-state index >= 15 is 0 Å². The summed E-state index contributed by atoms with van der Waals surface area (Å²) in [6, 6.07) is 8.02. The monoisotopic (exact) mass is 408 g/mol. The zero-order valence-corrected chi connectivity index (χ0v) is 17.1. The van der Waals surface area contributed by atoms with Gasteiger partial charge < -0.3 is 10.4 Å². The molecule has 2 N–H and O–H groups in total. The van der Waals surface area contributed by atoms with Crippen LogP contribution in [-0.4, -0.2) is 27.2 Å². The minimum absolute atomic E-state index is 0.0305. The van der Waals surface area contributed by atoms with E-state index in [0.717, 1.165) is 12.0 Å². The molecule has 0 saturated carbocycles. The van der Waals surface area contributed by atoms with Crippen molar-refractivity contribution in [3.8, 4) is 0 Å². The molecule has 0 amide bonds. The van der Waals surface area contributed by atoms with Crippen molar-refractivity contribution in [2.75, 3.05) is 5.32 Å². The van der Waals surface area contributed by atoms with Gasteiger partial charge in [0.05, 0.1) is 10.5 Å². The van der Waals surface area contributed by atoms with Crippen molar-refractivity contribution in [1.29, 1.82) is 0 Å². The lowest BCUT2D eigenvalue weighted by Crippen LogP contribution is -2.07. The first-order valence-corrected chi connectivity index (χ1v) is 9.44. The van der Waals surface area contributed by atoms with Gasteiger partial charge >= 0.3 is 5.97 Å². The molecule has 156 valence electrons. The largest absolute Gasteiger partial charge is 0.478 e. The molecule has 1 aromatic carbocycles. The number of allylic oxidation sites excluding steroid dienone is 2. The van der Waals surface area contributed by atoms with Gasteiger partial charge in [-0.15, -0.1) is 0 Å². The molecular formula is C22H24N4O4. The number of nitrogens with zero attached hydrogens (tertiary/aromatic N) is 3. The molecule has 0 aliphatic carbocycles. The molecule has 2 rings (SSSR count). The Morgan fingerprint density at radius 2 is 2.13 bits per heavy atom. The fourth-order valence-electron chi connectivity index (χ4n) is 2.60. The van der Waals surface area contributed by atoms with Gasteiger partial charge in [-0.25, -0.2) is 9.79 Å². The molecule has 30 heavy (non-hydrogen) atoms. The van der Waals surface area contributed by atoms with Crippen LogP contribution in [0.1, 0.15) is 37.8 Å². The van der Waals surface area contributed by atoms with Crippen LogP contribution in [-0.2, 0) is 4.79 Å². The Kier molecular flexibility index (Phi) is 7.99. The van der Waals surface area contributed by atoms with E-state index in [1.54, 1.807) is 37.5 Å². The van der Waals surface area contributed by atoms with Crippen LogP contribution < -0.4 is 5.32 Å². The van der Waals surface area contributed by atoms with E-state index in [-0.39, 0.29) is 11.3 Å². The number of nitro benzene ring substituents is 1. The maximum Gasteiger partial charge on any atom is 0.337 e. The number of aromatic nitrogens is 1. The summed E-state index contributed by atoms with van der Waals surface area (Å²) in [5.74, 6) is -0.695. The summed E-state index contributed by atoms with van der Waals surface area (Å²) < 4.78 is 0. The van der Waals surface area contributed by atoms with E-state index in [0.29, 0.717) is 29.1 Å². The summed E-state index contributed by atoms with van der Waals surface area (Å²) in [5, 5.41) is 23.8. The number of anilines is 1. The second kappa shape index (κ2) is 10.7. The van der Waals surface area contributed by atoms with Crippen LogP contribution in [0.5, 0.6) is 0 Å². The van der Waals surface area contributed by atoms with Crippen molar-refractivity contribution < 1.29 is 14.8 Å². The predicted octanol–water partition coefficient (Wildman–Crippen LogP) is 4.98. The predicted molar refractivity (Wildman–Crippen MR) is 117 cm³/mol. The second-order valence-electron chi connectivity index (χ2n) is 6.60. The number of nitro groups is 1. The molecule has 0 fully saturated rings. The summed E-state index contributed by atoms with van der Waals surface area (Å²) in [4.78, 5) is 30.8. The maximum absolute atomic E-state index is 11.8. The van der Waals surface area contributed by atoms with Gasteiger partial charge in [0.1, 0.15) is 5.82 Å². The number of carbonyl (C=O) groups is 1. The van der Waals surface area contributed by atoms with E-state index in [9.17, 15) is 20.0 Å². The Bertz CT molecular complexity index is 1010. The molecule has 1 heterocycles. The van der Waals surface area contributed by atoms with E-state index in [4.69, 9.17) is 0 Å². The number of carboxylic acid groups (broad SMARTS) is 1. The topological polar surface area (TPSA) is 118 Å². The second-order valence-corrected chi connectivity index (χ2v) is 6.60. The maximum atomic E-state index is 11.8. The first-order valence-electron chi connectivity index (χ1n) is 9.44. The number of unbranched alkanes of at least 4 members (excludes halogenated alkanes) is 1. The van der Waals surface area contributed by atoms with Crippen molar-refractivity contribution in [1.82, 2.24) is 4.98 Å². The van der Waals surface area contributed by atoms with Crippen molar-refractivity contribution >= 4 is 29.1 Å². The van der Waals surface area contributed by atoms with Gasteiger partial charge in [-0.3, -0.25) is 15.1 Å². The number of rotatable bonds is 9. The van der Waals surface area contributed by atoms with E-state index < -0.39 is 10.9 Å². The van der Waals surface area contributed by atoms with Crippen LogP contribution >= 0.6 is 0 Å². The molecule has 0 radical (unpaired) electrons. The standard InChI is InChI=1S/C22H24N4O4/c1-4-5-8-21(25-20-12-18(26(29)30)10-9-15(20)2)24-14-19(22(27)28)16(3)17-7-6-11-23-13-17/h6-14,25H,4-5H2,1-3H3,(H,27,28)/b19-16-,21-8-,24-14-. The summed E-state index contributed by atoms with van der Waals surface area (Å²) >= 11 is 0. The average molecular weight is 408 g/mol. The smallest absolute Gasteiger partial charge is 0.337 e. The molecule has 8 heteroatoms. The molecule has 0 aliphatic rings. The normalized spacial score (nSPS) is 12.6. The quantitative estimate of drug-likeness (QED) is 0.261. The molecule has 2 aromatic rings. The van der Waals surface area contributed by atoms with Crippen molar-refractivity contribution in [3.63, 3.8) is 0 Å². The van der Waals surface area contributed by atoms with Crippen LogP contribution in [0.15, 0.2) is 65.2 Å². The van der Waals surface area contributed by atoms with Gasteiger partial charge in [-0.1, -0.05) is 25.5 Å². The molecule has 0 unspecified atom stereocenters. The highest BCUT2D eigenvalue weighted by molar-refractivity contribution is 6.15. The Morgan fingerprint density at radius 3 is 2.73 bits per heavy atom. The number of aryl methyl sites for hydroxylation is 1. The minimum Gasteiger partial charge on any atom is -0.478 e. The summed E-state index contributed by atoms with van der Waals surface area (Å²) in [6.45, 7) is 5.52. The Morgan fingerprint density at radius 1 is 1.37 bits per heavy atom. The molecule has 0 saturated heterocycles. The van der Waals surface area contributed by atoms with Crippen molar-refractivity contribution in [3.05, 3.63) is 81.4 Å². The van der Waals surface area contributed by atoms with E-state index in [1.807, 2.05) is 19.9 Å². The van der Waals surface area contributed by atoms with Gasteiger partial charge in [0.15, 0.2) is 0 Å². The summed E-state index contributed by atoms with van der Waals surface area (Å²) in [5.41, 5.74) is 2.54. The highest BCUT2D eigenvalue weighted by Gasteiger charge is 2.12. The highest BCUT2D eigenvalue weighted by atomic mass is 16.6. The minimum atomic E-state index is -1.11. The number of benzene rings is 1. The highest BCUT2D eigenvalue weighted by Crippen LogP contribution is 2.24. The molecule has 0 aliphatic heterocycles. The zero-order chi connectivity index (χ0) is 22.1. The number of hydrogen-bond donors (Lipinski definition) is 2. The number of aliphatic carboxylic acids is 1. The van der Waals surface area contributed by atoms with E-state index in [1.165, 1.54) is 18.3 Å². The van der Waals surface area contributed by atoms with Gasteiger partial charge in [0, 0.05) is 36.4 Å². The third kappa shape index (κ3) is 6.10. The van der Waals surface area contributed by atoms with Crippen LogP contribution in [0, 0.1) is 17.0 Å². The number of aliphatic imine (C=N–C) groups is 1. The molecule has 0 atom stereocenters. The van der Waals surface area contributed by atoms with E-state index in [2.05, 4.69) is 15.3 Å². The van der Waals surface area contributed by atoms with Crippen LogP contribution in [0.2, 0.25) is 0 Å². The number of carboxylic acids is 1. The fourth-order valence-corrected chi connectivity index (χ4v) is 2.60. The lowest BCUT2D eigenvalue weighted by molar-refractivity contribution is -0.384. The lowest BCUT2D eigenvalue weighted by atomic mass is 10.0. The fraction of sp³-hybridized carbons (Fsp3) is 0.227. The van der Waals surface area contributed by atoms with Gasteiger partial charge in [-0.2, -0.15) is 0 Å². The van der Waals surface area contributed by atoms with Crippen molar-refractivity contribution in [2.24, 2.45) is 4.99 Å². The molecular weight excluding hydrogens is 384 g/mol. The third-order valence-electron chi connectivity index (χ3n) is 4.38. The third-order valence-corrected chi connectivity index (χ3v) is 4.38. The Balaban J connectivity index is 2.40. The Hall–Kier alpha value is -3.81. The average Bonchev–Trinajstić information content (AvgIpc) is 2.73. The van der Waals surface area contributed by atoms with Crippen LogP contribution in [0.4, 0.5) is 11.4 Å². The zero-order valence-electron chi connectivity index (χ0n) is 17.1. The van der Waals surface area contributed by atoms with Crippen LogP contribution in [0.25, 0.3) is 5.57 Å².